The van der Waals surface area contributed by atoms with E-state index in [2.05, 4.69) is 0 Å². The van der Waals surface area contributed by atoms with Crippen LogP contribution in [0.3, 0.4) is 0 Å². The van der Waals surface area contributed by atoms with Crippen LogP contribution >= 0.6 is 0 Å². The van der Waals surface area contributed by atoms with Crippen molar-refractivity contribution in [2.75, 3.05) is 26.4 Å². The molecule has 0 radical (unpaired) electrons. The van der Waals surface area contributed by atoms with E-state index in [1.54, 1.807) is 0 Å². The smallest absolute Gasteiger partial charge is 0.336 e. The molecule has 2 aliphatic carbocycles. The lowest BCUT2D eigenvalue weighted by molar-refractivity contribution is -0.155. The van der Waals surface area contributed by atoms with Gasteiger partial charge in [-0.05, 0) is 58.3 Å². The fraction of sp³-hybridized carbons (Fsp3) is 0.800. The summed E-state index contributed by atoms with van der Waals surface area (Å²) in [6.07, 6.45) is 6.07. The standard InChI is InChI=1S/C30H41N3O12/c1-17-2-3-20(16-43-17)27(36)42-13-10-33-29(38)31(8-11-40-25(34)18-4-6-21-23(14-18)44-21)28(37)32(30(33)39)9-12-41-26(35)19-5-7-22-24(15-19)45-22/h17-24H,2-16H2,1H3. The molecule has 1 aromatic rings. The number of rotatable bonds is 12. The topological polar surface area (TPSA) is 179 Å². The zero-order valence-corrected chi connectivity index (χ0v) is 25.5. The molecule has 4 heterocycles. The highest BCUT2D eigenvalue weighted by Crippen LogP contribution is 2.40. The summed E-state index contributed by atoms with van der Waals surface area (Å²) in [7, 11) is 0. The molecule has 3 saturated heterocycles. The summed E-state index contributed by atoms with van der Waals surface area (Å²) in [5, 5.41) is 0. The Morgan fingerprint density at radius 2 is 1.00 bits per heavy atom. The summed E-state index contributed by atoms with van der Waals surface area (Å²) >= 11 is 0. The van der Waals surface area contributed by atoms with E-state index >= 15 is 0 Å². The molecular formula is C30H41N3O12. The van der Waals surface area contributed by atoms with E-state index < -0.39 is 40.9 Å². The SMILES string of the molecule is CC1CCC(C(=O)OCCn2c(=O)n(CCOC(=O)C3CCC4OC4C3)c(=O)n(CCOC(=O)C3CCC4OC4C3)c2=O)CO1. The van der Waals surface area contributed by atoms with Gasteiger partial charge in [-0.3, -0.25) is 14.4 Å². The predicted octanol–water partition coefficient (Wildman–Crippen LogP) is -0.249. The van der Waals surface area contributed by atoms with Gasteiger partial charge in [0.05, 0.1) is 74.5 Å². The lowest BCUT2D eigenvalue weighted by Gasteiger charge is -2.25. The molecule has 3 aliphatic heterocycles. The van der Waals surface area contributed by atoms with Crippen LogP contribution in [-0.2, 0) is 62.4 Å². The van der Waals surface area contributed by atoms with Gasteiger partial charge in [0.25, 0.3) is 0 Å². The Labute approximate surface area is 258 Å². The molecule has 0 bridgehead atoms. The predicted molar refractivity (Wildman–Crippen MR) is 152 cm³/mol. The molecule has 0 amide bonds. The molecule has 248 valence electrons. The molecule has 1 aromatic heterocycles. The Morgan fingerprint density at radius 1 is 0.600 bits per heavy atom. The van der Waals surface area contributed by atoms with Gasteiger partial charge in [0.2, 0.25) is 0 Å². The quantitative estimate of drug-likeness (QED) is 0.167. The largest absolute Gasteiger partial charge is 0.464 e. The molecule has 5 aliphatic rings. The molecule has 8 unspecified atom stereocenters. The highest BCUT2D eigenvalue weighted by atomic mass is 16.6. The number of carbonyl (C=O) groups excluding carboxylic acids is 3. The number of carbonyl (C=O) groups is 3. The van der Waals surface area contributed by atoms with E-state index in [0.29, 0.717) is 32.1 Å². The number of epoxide rings is 2. The van der Waals surface area contributed by atoms with Crippen molar-refractivity contribution in [3.05, 3.63) is 31.5 Å². The first-order valence-electron chi connectivity index (χ1n) is 16.1. The fourth-order valence-corrected chi connectivity index (χ4v) is 6.63. The molecule has 15 heteroatoms. The van der Waals surface area contributed by atoms with Crippen molar-refractivity contribution in [3.8, 4) is 0 Å². The number of fused-ring (bicyclic) bond motifs is 2. The van der Waals surface area contributed by atoms with Gasteiger partial charge in [0, 0.05) is 0 Å². The van der Waals surface area contributed by atoms with Gasteiger partial charge in [-0.15, -0.1) is 0 Å². The van der Waals surface area contributed by atoms with Crippen LogP contribution in [0.1, 0.15) is 58.3 Å². The van der Waals surface area contributed by atoms with Crippen LogP contribution in [0.4, 0.5) is 0 Å². The summed E-state index contributed by atoms with van der Waals surface area (Å²) in [5.74, 6) is -2.37. The van der Waals surface area contributed by atoms with Crippen LogP contribution in [-0.4, -0.2) is 88.6 Å². The highest BCUT2D eigenvalue weighted by Gasteiger charge is 2.47. The normalized spacial score (nSPS) is 31.7. The Bertz CT molecular complexity index is 1370. The second kappa shape index (κ2) is 13.6. The number of ether oxygens (including phenoxy) is 6. The minimum Gasteiger partial charge on any atom is -0.464 e. The van der Waals surface area contributed by atoms with Crippen molar-refractivity contribution in [2.45, 2.75) is 108 Å². The Morgan fingerprint density at radius 3 is 1.38 bits per heavy atom. The number of hydrogen-bond donors (Lipinski definition) is 0. The van der Waals surface area contributed by atoms with Crippen molar-refractivity contribution in [1.82, 2.24) is 13.7 Å². The molecule has 0 spiro atoms. The molecule has 6 rings (SSSR count). The lowest BCUT2D eigenvalue weighted by Crippen LogP contribution is -2.55. The molecular weight excluding hydrogens is 594 g/mol. The third kappa shape index (κ3) is 7.41. The number of esters is 3. The summed E-state index contributed by atoms with van der Waals surface area (Å²) in [6.45, 7) is 0.487. The van der Waals surface area contributed by atoms with Crippen molar-refractivity contribution in [3.63, 3.8) is 0 Å². The molecule has 5 fully saturated rings. The van der Waals surface area contributed by atoms with Crippen LogP contribution in [0.5, 0.6) is 0 Å². The molecule has 0 N–H and O–H groups in total. The molecule has 0 aromatic carbocycles. The third-order valence-electron chi connectivity index (χ3n) is 9.57. The highest BCUT2D eigenvalue weighted by molar-refractivity contribution is 5.73. The van der Waals surface area contributed by atoms with Gasteiger partial charge >= 0.3 is 35.0 Å². The van der Waals surface area contributed by atoms with Crippen molar-refractivity contribution in [1.29, 1.82) is 0 Å². The van der Waals surface area contributed by atoms with Crippen LogP contribution in [0.15, 0.2) is 14.4 Å². The Balaban J connectivity index is 1.11. The van der Waals surface area contributed by atoms with Crippen LogP contribution in [0.25, 0.3) is 0 Å². The van der Waals surface area contributed by atoms with Crippen LogP contribution < -0.4 is 17.1 Å². The van der Waals surface area contributed by atoms with Gasteiger partial charge in [0.15, 0.2) is 0 Å². The molecule has 45 heavy (non-hydrogen) atoms. The molecule has 2 saturated carbocycles. The van der Waals surface area contributed by atoms with E-state index in [9.17, 15) is 28.8 Å². The second-order valence-corrected chi connectivity index (χ2v) is 12.7. The maximum absolute atomic E-state index is 13.3. The number of hydrogen-bond acceptors (Lipinski definition) is 12. The maximum Gasteiger partial charge on any atom is 0.336 e. The summed E-state index contributed by atoms with van der Waals surface area (Å²) in [6, 6.07) is 0. The van der Waals surface area contributed by atoms with Gasteiger partial charge in [-0.1, -0.05) is 0 Å². The first-order chi connectivity index (χ1) is 21.7. The number of nitrogens with zero attached hydrogens (tertiary/aromatic N) is 3. The van der Waals surface area contributed by atoms with Gasteiger partial charge in [-0.25, -0.2) is 28.1 Å². The average molecular weight is 636 g/mol. The minimum absolute atomic E-state index is 0.0650. The molecule has 8 atom stereocenters. The first kappa shape index (κ1) is 31.7. The summed E-state index contributed by atoms with van der Waals surface area (Å²) in [4.78, 5) is 77.7. The van der Waals surface area contributed by atoms with Crippen molar-refractivity contribution < 1.29 is 42.8 Å². The van der Waals surface area contributed by atoms with E-state index in [-0.39, 0.29) is 88.4 Å². The zero-order valence-electron chi connectivity index (χ0n) is 25.5. The second-order valence-electron chi connectivity index (χ2n) is 12.7. The van der Waals surface area contributed by atoms with Gasteiger partial charge in [-0.2, -0.15) is 0 Å². The van der Waals surface area contributed by atoms with E-state index in [1.807, 2.05) is 6.92 Å². The van der Waals surface area contributed by atoms with E-state index in [4.69, 9.17) is 28.4 Å². The van der Waals surface area contributed by atoms with E-state index in [1.165, 1.54) is 0 Å². The van der Waals surface area contributed by atoms with Gasteiger partial charge < -0.3 is 28.4 Å². The van der Waals surface area contributed by atoms with Gasteiger partial charge in [0.1, 0.15) is 19.8 Å². The first-order valence-corrected chi connectivity index (χ1v) is 16.1. The maximum atomic E-state index is 13.3. The monoisotopic (exact) mass is 635 g/mol. The minimum atomic E-state index is -0.923. The van der Waals surface area contributed by atoms with Crippen LogP contribution in [0, 0.1) is 17.8 Å². The summed E-state index contributed by atoms with van der Waals surface area (Å²) < 4.78 is 35.0. The summed E-state index contributed by atoms with van der Waals surface area (Å²) in [5.41, 5.74) is -2.76. The van der Waals surface area contributed by atoms with E-state index in [0.717, 1.165) is 33.0 Å². The zero-order chi connectivity index (χ0) is 31.7. The Hall–Kier alpha value is -3.30. The Kier molecular flexibility index (Phi) is 9.57. The van der Waals surface area contributed by atoms with Crippen molar-refractivity contribution >= 4 is 17.9 Å². The fourth-order valence-electron chi connectivity index (χ4n) is 6.63. The number of aromatic nitrogens is 3. The molecule has 15 nitrogen and oxygen atoms in total. The average Bonchev–Trinajstić information content (AvgIpc) is 3.96. The van der Waals surface area contributed by atoms with Crippen LogP contribution in [0.2, 0.25) is 0 Å². The van der Waals surface area contributed by atoms with Crippen molar-refractivity contribution in [2.24, 2.45) is 17.8 Å². The lowest BCUT2D eigenvalue weighted by atomic mass is 9.89. The third-order valence-corrected chi connectivity index (χ3v) is 9.57.